The Morgan fingerprint density at radius 1 is 1.35 bits per heavy atom. The summed E-state index contributed by atoms with van der Waals surface area (Å²) in [5.74, 6) is 0. The maximum atomic E-state index is 11.8. The monoisotopic (exact) mass is 354 g/mol. The standard InChI is InChI=1S/C10H15N2O10P/c13-2-4-1-12(10(17)11-8(4)16)9-6(15)7(5(3-14)21-9)22-23(18,19)20/h1,5-7,9,13-15H,2-3H2,(H,11,16,17)(H2,18,19,20)/t5-,6-,7-,9-/m1/s1. The number of aliphatic hydroxyl groups excluding tert-OH is 3. The molecule has 1 aliphatic rings. The second-order valence-corrected chi connectivity index (χ2v) is 5.97. The molecule has 13 heteroatoms. The zero-order chi connectivity index (χ0) is 17.4. The SMILES string of the molecule is O=c1[nH]c(=O)n([C@@H]2O[C@H](CO)[C@@H](OP(=O)(O)O)[C@H]2O)cc1CO. The predicted molar refractivity (Wildman–Crippen MR) is 71.2 cm³/mol. The van der Waals surface area contributed by atoms with Crippen LogP contribution in [0.5, 0.6) is 0 Å². The molecule has 0 bridgehead atoms. The molecule has 2 rings (SSSR count). The highest BCUT2D eigenvalue weighted by Crippen LogP contribution is 2.43. The van der Waals surface area contributed by atoms with Gasteiger partial charge in [-0.2, -0.15) is 0 Å². The Bertz CT molecular complexity index is 723. The van der Waals surface area contributed by atoms with Crippen molar-refractivity contribution in [3.8, 4) is 0 Å². The Hall–Kier alpha value is -1.37. The van der Waals surface area contributed by atoms with Gasteiger partial charge in [0.2, 0.25) is 0 Å². The largest absolute Gasteiger partial charge is 0.470 e. The Balaban J connectivity index is 2.40. The minimum Gasteiger partial charge on any atom is -0.394 e. The lowest BCUT2D eigenvalue weighted by Gasteiger charge is -2.20. The smallest absolute Gasteiger partial charge is 0.394 e. The lowest BCUT2D eigenvalue weighted by molar-refractivity contribution is -0.0551. The van der Waals surface area contributed by atoms with Crippen LogP contribution < -0.4 is 11.2 Å². The van der Waals surface area contributed by atoms with Gasteiger partial charge in [0, 0.05) is 6.20 Å². The van der Waals surface area contributed by atoms with Crippen LogP contribution in [0.4, 0.5) is 0 Å². The topological polar surface area (TPSA) is 192 Å². The number of phosphoric ester groups is 1. The molecule has 12 nitrogen and oxygen atoms in total. The summed E-state index contributed by atoms with van der Waals surface area (Å²) in [5.41, 5.74) is -2.01. The van der Waals surface area contributed by atoms with Gasteiger partial charge in [-0.3, -0.25) is 18.9 Å². The maximum absolute atomic E-state index is 11.8. The van der Waals surface area contributed by atoms with E-state index in [2.05, 4.69) is 4.52 Å². The van der Waals surface area contributed by atoms with Crippen molar-refractivity contribution < 1.29 is 38.9 Å². The van der Waals surface area contributed by atoms with E-state index in [1.165, 1.54) is 0 Å². The molecule has 0 amide bonds. The number of nitrogens with one attached hydrogen (secondary N) is 1. The van der Waals surface area contributed by atoms with E-state index < -0.39 is 56.8 Å². The first-order valence-corrected chi connectivity index (χ1v) is 7.84. The number of rotatable bonds is 5. The third kappa shape index (κ3) is 3.76. The molecule has 0 unspecified atom stereocenters. The number of phosphoric acid groups is 1. The molecule has 23 heavy (non-hydrogen) atoms. The molecule has 4 atom stereocenters. The molecule has 1 saturated heterocycles. The van der Waals surface area contributed by atoms with Crippen LogP contribution in [0.25, 0.3) is 0 Å². The highest BCUT2D eigenvalue weighted by Gasteiger charge is 2.48. The molecule has 0 spiro atoms. The second-order valence-electron chi connectivity index (χ2n) is 4.78. The van der Waals surface area contributed by atoms with Gasteiger partial charge in [0.05, 0.1) is 18.8 Å². The summed E-state index contributed by atoms with van der Waals surface area (Å²) >= 11 is 0. The molecule has 0 aliphatic carbocycles. The van der Waals surface area contributed by atoms with Crippen LogP contribution in [0.1, 0.15) is 11.8 Å². The predicted octanol–water partition coefficient (Wildman–Crippen LogP) is -3.24. The number of hydrogen-bond acceptors (Lipinski definition) is 8. The fourth-order valence-electron chi connectivity index (χ4n) is 2.21. The molecule has 1 fully saturated rings. The van der Waals surface area contributed by atoms with Crippen LogP contribution in [0.2, 0.25) is 0 Å². The zero-order valence-electron chi connectivity index (χ0n) is 11.5. The van der Waals surface area contributed by atoms with Crippen molar-refractivity contribution in [2.24, 2.45) is 0 Å². The average Bonchev–Trinajstić information content (AvgIpc) is 2.74. The normalized spacial score (nSPS) is 28.2. The third-order valence-corrected chi connectivity index (χ3v) is 3.75. The quantitative estimate of drug-likeness (QED) is 0.293. The van der Waals surface area contributed by atoms with E-state index in [9.17, 15) is 24.4 Å². The third-order valence-electron chi connectivity index (χ3n) is 3.23. The van der Waals surface area contributed by atoms with Gasteiger partial charge in [-0.1, -0.05) is 0 Å². The molecule has 2 heterocycles. The van der Waals surface area contributed by atoms with Crippen molar-refractivity contribution in [1.29, 1.82) is 0 Å². The van der Waals surface area contributed by atoms with Crippen molar-refractivity contribution >= 4 is 7.82 Å². The van der Waals surface area contributed by atoms with Gasteiger partial charge in [-0.25, -0.2) is 9.36 Å². The molecule has 0 aromatic carbocycles. The van der Waals surface area contributed by atoms with Crippen LogP contribution in [-0.4, -0.2) is 59.6 Å². The lowest BCUT2D eigenvalue weighted by atomic mass is 10.1. The van der Waals surface area contributed by atoms with Crippen LogP contribution in [0.3, 0.4) is 0 Å². The van der Waals surface area contributed by atoms with E-state index >= 15 is 0 Å². The summed E-state index contributed by atoms with van der Waals surface area (Å²) in [6.45, 7) is -1.44. The molecule has 1 aliphatic heterocycles. The average molecular weight is 354 g/mol. The first-order chi connectivity index (χ1) is 10.7. The van der Waals surface area contributed by atoms with E-state index in [1.807, 2.05) is 4.98 Å². The molecule has 6 N–H and O–H groups in total. The van der Waals surface area contributed by atoms with E-state index in [0.29, 0.717) is 0 Å². The molecular formula is C10H15N2O10P. The summed E-state index contributed by atoms with van der Waals surface area (Å²) in [7, 11) is -4.99. The Morgan fingerprint density at radius 3 is 2.52 bits per heavy atom. The number of aromatic nitrogens is 2. The van der Waals surface area contributed by atoms with E-state index in [-0.39, 0.29) is 5.56 Å². The van der Waals surface area contributed by atoms with Gasteiger partial charge in [0.1, 0.15) is 18.3 Å². The van der Waals surface area contributed by atoms with Gasteiger partial charge < -0.3 is 29.8 Å². The highest BCUT2D eigenvalue weighted by atomic mass is 31.2. The van der Waals surface area contributed by atoms with E-state index in [1.54, 1.807) is 0 Å². The van der Waals surface area contributed by atoms with Gasteiger partial charge in [0.25, 0.3) is 5.56 Å². The molecule has 1 aromatic heterocycles. The first-order valence-electron chi connectivity index (χ1n) is 6.31. The summed E-state index contributed by atoms with van der Waals surface area (Å²) in [4.78, 5) is 42.8. The molecule has 0 saturated carbocycles. The molecule has 1 aromatic rings. The minimum absolute atomic E-state index is 0.194. The summed E-state index contributed by atoms with van der Waals surface area (Å²) in [6.07, 6.45) is -5.21. The van der Waals surface area contributed by atoms with Gasteiger partial charge in [-0.15, -0.1) is 0 Å². The van der Waals surface area contributed by atoms with Crippen LogP contribution in [-0.2, 0) is 20.4 Å². The maximum Gasteiger partial charge on any atom is 0.470 e. The van der Waals surface area contributed by atoms with Crippen molar-refractivity contribution in [3.05, 3.63) is 32.6 Å². The van der Waals surface area contributed by atoms with Crippen molar-refractivity contribution in [2.45, 2.75) is 31.1 Å². The highest BCUT2D eigenvalue weighted by molar-refractivity contribution is 7.46. The first kappa shape index (κ1) is 18.0. The van der Waals surface area contributed by atoms with Crippen molar-refractivity contribution in [2.75, 3.05) is 6.61 Å². The zero-order valence-corrected chi connectivity index (χ0v) is 12.4. The van der Waals surface area contributed by atoms with E-state index in [4.69, 9.17) is 19.6 Å². The number of hydrogen-bond donors (Lipinski definition) is 6. The summed E-state index contributed by atoms with van der Waals surface area (Å²) < 4.78 is 21.2. The number of nitrogens with zero attached hydrogens (tertiary/aromatic N) is 1. The van der Waals surface area contributed by atoms with Crippen LogP contribution in [0, 0.1) is 0 Å². The van der Waals surface area contributed by atoms with Crippen LogP contribution >= 0.6 is 7.82 Å². The van der Waals surface area contributed by atoms with Crippen molar-refractivity contribution in [3.63, 3.8) is 0 Å². The summed E-state index contributed by atoms with van der Waals surface area (Å²) in [5, 5.41) is 28.3. The second kappa shape index (κ2) is 6.63. The van der Waals surface area contributed by atoms with Gasteiger partial charge >= 0.3 is 13.5 Å². The van der Waals surface area contributed by atoms with Gasteiger partial charge in [0.15, 0.2) is 6.23 Å². The Kier molecular flexibility index (Phi) is 5.18. The van der Waals surface area contributed by atoms with E-state index in [0.717, 1.165) is 10.8 Å². The lowest BCUT2D eigenvalue weighted by Crippen LogP contribution is -2.39. The number of aromatic amines is 1. The molecular weight excluding hydrogens is 339 g/mol. The van der Waals surface area contributed by atoms with Gasteiger partial charge in [-0.05, 0) is 0 Å². The Morgan fingerprint density at radius 2 is 2.00 bits per heavy atom. The fraction of sp³-hybridized carbons (Fsp3) is 0.600. The minimum atomic E-state index is -4.99. The molecule has 130 valence electrons. The summed E-state index contributed by atoms with van der Waals surface area (Å²) in [6, 6.07) is 0. The Labute approximate surface area is 127 Å². The van der Waals surface area contributed by atoms with Crippen LogP contribution in [0.15, 0.2) is 15.8 Å². The number of ether oxygens (including phenoxy) is 1. The molecule has 0 radical (unpaired) electrons. The number of H-pyrrole nitrogens is 1. The number of aliphatic hydroxyl groups is 3. The fourth-order valence-corrected chi connectivity index (χ4v) is 2.79. The van der Waals surface area contributed by atoms with Crippen molar-refractivity contribution in [1.82, 2.24) is 9.55 Å².